The van der Waals surface area contributed by atoms with Crippen LogP contribution in [0.4, 0.5) is 30.2 Å². The van der Waals surface area contributed by atoms with Crippen molar-refractivity contribution in [2.45, 2.75) is 11.8 Å². The Balaban J connectivity index is 2.07. The second kappa shape index (κ2) is 8.03. The molecule has 0 amide bonds. The van der Waals surface area contributed by atoms with Crippen molar-refractivity contribution in [3.63, 3.8) is 0 Å². The molecule has 2 N–H and O–H groups in total. The first-order valence-corrected chi connectivity index (χ1v) is 10.9. The number of aryl methyl sites for hydroxylation is 2. The Bertz CT molecular complexity index is 1220. The minimum absolute atomic E-state index is 0.116. The molecule has 0 radical (unpaired) electrons. The molecule has 1 aromatic heterocycles. The minimum Gasteiger partial charge on any atom is -0.349 e. The van der Waals surface area contributed by atoms with Crippen LogP contribution in [0.2, 0.25) is 5.15 Å². The molecule has 6 nitrogen and oxygen atoms in total. The fourth-order valence-electron chi connectivity index (χ4n) is 2.60. The fourth-order valence-corrected chi connectivity index (χ4v) is 4.87. The highest BCUT2D eigenvalue weighted by atomic mass is 127. The van der Waals surface area contributed by atoms with Gasteiger partial charge in [0.25, 0.3) is 10.0 Å². The summed E-state index contributed by atoms with van der Waals surface area (Å²) in [7, 11) is -2.85. The van der Waals surface area contributed by atoms with E-state index in [4.69, 9.17) is 11.6 Å². The van der Waals surface area contributed by atoms with E-state index in [1.807, 2.05) is 22.6 Å². The van der Waals surface area contributed by atoms with Crippen molar-refractivity contribution in [2.24, 2.45) is 7.05 Å². The Morgan fingerprint density at radius 1 is 1.10 bits per heavy atom. The Hall–Kier alpha value is -1.99. The van der Waals surface area contributed by atoms with Crippen LogP contribution in [0.25, 0.3) is 0 Å². The van der Waals surface area contributed by atoms with Gasteiger partial charge in [0.1, 0.15) is 21.6 Å². The standard InChI is InChI=1S/C17H13ClF3IN4O2S/c1-8-16(17(18)26(2)24-8)29(27,28)25-13-6-4-10(19)14(21)15(13)23-12-5-3-9(22)7-11(12)20/h3-7,23,25H,1-2H3. The molecule has 1 heterocycles. The Morgan fingerprint density at radius 2 is 1.76 bits per heavy atom. The topological polar surface area (TPSA) is 76.0 Å². The van der Waals surface area contributed by atoms with Gasteiger partial charge in [-0.05, 0) is 59.8 Å². The van der Waals surface area contributed by atoms with Gasteiger partial charge < -0.3 is 5.32 Å². The molecule has 0 aliphatic heterocycles. The Morgan fingerprint density at radius 3 is 2.34 bits per heavy atom. The molecule has 0 saturated carbocycles. The van der Waals surface area contributed by atoms with Crippen molar-refractivity contribution >= 4 is 61.3 Å². The second-order valence-corrected chi connectivity index (χ2v) is 9.19. The molecule has 0 fully saturated rings. The molecule has 0 aliphatic carbocycles. The van der Waals surface area contributed by atoms with Crippen LogP contribution in [0.1, 0.15) is 5.69 Å². The van der Waals surface area contributed by atoms with Crippen LogP contribution in [0.5, 0.6) is 0 Å². The van der Waals surface area contributed by atoms with E-state index in [0.717, 1.165) is 16.8 Å². The molecule has 12 heteroatoms. The number of sulfonamides is 1. The van der Waals surface area contributed by atoms with Crippen molar-refractivity contribution in [3.8, 4) is 0 Å². The number of nitrogens with one attached hydrogen (secondary N) is 2. The van der Waals surface area contributed by atoms with Crippen molar-refractivity contribution in [1.29, 1.82) is 0 Å². The first kappa shape index (κ1) is 21.7. The van der Waals surface area contributed by atoms with E-state index in [1.54, 1.807) is 6.07 Å². The van der Waals surface area contributed by atoms with E-state index in [9.17, 15) is 21.6 Å². The van der Waals surface area contributed by atoms with Gasteiger partial charge in [-0.25, -0.2) is 21.6 Å². The number of nitrogens with zero attached hydrogens (tertiary/aromatic N) is 2. The third kappa shape index (κ3) is 4.31. The maximum absolute atomic E-state index is 14.5. The van der Waals surface area contributed by atoms with Crippen LogP contribution in [0.15, 0.2) is 35.2 Å². The summed E-state index contributed by atoms with van der Waals surface area (Å²) < 4.78 is 71.9. The SMILES string of the molecule is Cc1nn(C)c(Cl)c1S(=O)(=O)Nc1ccc(F)c(F)c1Nc1ccc(I)cc1F. The first-order chi connectivity index (χ1) is 13.5. The van der Waals surface area contributed by atoms with E-state index in [-0.39, 0.29) is 27.1 Å². The largest absolute Gasteiger partial charge is 0.349 e. The average molecular weight is 557 g/mol. The predicted molar refractivity (Wildman–Crippen MR) is 113 cm³/mol. The predicted octanol–water partition coefficient (Wildman–Crippen LogP) is 4.95. The minimum atomic E-state index is -4.30. The quantitative estimate of drug-likeness (QED) is 0.436. The number of benzene rings is 2. The van der Waals surface area contributed by atoms with Crippen molar-refractivity contribution in [3.05, 3.63) is 62.2 Å². The summed E-state index contributed by atoms with van der Waals surface area (Å²) in [5.41, 5.74) is -0.954. The van der Waals surface area contributed by atoms with Crippen LogP contribution in [0, 0.1) is 27.9 Å². The molecule has 29 heavy (non-hydrogen) atoms. The zero-order valence-corrected chi connectivity index (χ0v) is 18.6. The smallest absolute Gasteiger partial charge is 0.266 e. The van der Waals surface area contributed by atoms with E-state index >= 15 is 0 Å². The summed E-state index contributed by atoms with van der Waals surface area (Å²) in [5.74, 6) is -3.34. The van der Waals surface area contributed by atoms with Gasteiger partial charge in [0.2, 0.25) is 0 Å². The van der Waals surface area contributed by atoms with Gasteiger partial charge in [0.05, 0.1) is 17.1 Å². The van der Waals surface area contributed by atoms with Gasteiger partial charge in [-0.15, -0.1) is 0 Å². The molecular weight excluding hydrogens is 544 g/mol. The van der Waals surface area contributed by atoms with Gasteiger partial charge in [-0.3, -0.25) is 9.40 Å². The van der Waals surface area contributed by atoms with E-state index < -0.39 is 33.2 Å². The first-order valence-electron chi connectivity index (χ1n) is 7.93. The van der Waals surface area contributed by atoms with Gasteiger partial charge in [0.15, 0.2) is 11.6 Å². The molecule has 0 atom stereocenters. The average Bonchev–Trinajstić information content (AvgIpc) is 2.88. The summed E-state index contributed by atoms with van der Waals surface area (Å²) in [5, 5.41) is 6.18. The highest BCUT2D eigenvalue weighted by Gasteiger charge is 2.27. The highest BCUT2D eigenvalue weighted by molar-refractivity contribution is 14.1. The van der Waals surface area contributed by atoms with Crippen LogP contribution < -0.4 is 10.0 Å². The van der Waals surface area contributed by atoms with Crippen molar-refractivity contribution in [1.82, 2.24) is 9.78 Å². The molecular formula is C17H13ClF3IN4O2S. The lowest BCUT2D eigenvalue weighted by atomic mass is 10.2. The van der Waals surface area contributed by atoms with Gasteiger partial charge >= 0.3 is 0 Å². The zero-order chi connectivity index (χ0) is 21.5. The fraction of sp³-hybridized carbons (Fsp3) is 0.118. The Kier molecular flexibility index (Phi) is 6.01. The van der Waals surface area contributed by atoms with Crippen molar-refractivity contribution < 1.29 is 21.6 Å². The van der Waals surface area contributed by atoms with E-state index in [0.29, 0.717) is 3.57 Å². The van der Waals surface area contributed by atoms with Gasteiger partial charge in [-0.2, -0.15) is 5.10 Å². The molecule has 2 aromatic carbocycles. The summed E-state index contributed by atoms with van der Waals surface area (Å²) in [6, 6.07) is 5.82. The maximum atomic E-state index is 14.5. The molecule has 0 aliphatic rings. The van der Waals surface area contributed by atoms with Crippen LogP contribution in [-0.4, -0.2) is 18.2 Å². The summed E-state index contributed by atoms with van der Waals surface area (Å²) in [6.45, 7) is 1.44. The number of rotatable bonds is 5. The van der Waals surface area contributed by atoms with Crippen LogP contribution in [-0.2, 0) is 17.1 Å². The van der Waals surface area contributed by atoms with Gasteiger partial charge in [0, 0.05) is 10.6 Å². The molecule has 0 unspecified atom stereocenters. The molecule has 3 aromatic rings. The number of hydrogen-bond acceptors (Lipinski definition) is 4. The molecule has 3 rings (SSSR count). The normalized spacial score (nSPS) is 11.6. The summed E-state index contributed by atoms with van der Waals surface area (Å²) in [6.07, 6.45) is 0. The second-order valence-electron chi connectivity index (χ2n) is 5.97. The molecule has 154 valence electrons. The summed E-state index contributed by atoms with van der Waals surface area (Å²) in [4.78, 5) is -0.308. The third-order valence-electron chi connectivity index (χ3n) is 3.90. The molecule has 0 saturated heterocycles. The van der Waals surface area contributed by atoms with Crippen LogP contribution in [0.3, 0.4) is 0 Å². The van der Waals surface area contributed by atoms with E-state index in [2.05, 4.69) is 15.1 Å². The number of halogens is 5. The lowest BCUT2D eigenvalue weighted by Gasteiger charge is -2.16. The molecule has 0 spiro atoms. The molecule has 0 bridgehead atoms. The van der Waals surface area contributed by atoms with Crippen LogP contribution >= 0.6 is 34.2 Å². The number of hydrogen-bond donors (Lipinski definition) is 2. The number of anilines is 3. The lowest BCUT2D eigenvalue weighted by Crippen LogP contribution is -2.16. The van der Waals surface area contributed by atoms with E-state index in [1.165, 1.54) is 26.1 Å². The Labute approximate surface area is 183 Å². The maximum Gasteiger partial charge on any atom is 0.266 e. The lowest BCUT2D eigenvalue weighted by molar-refractivity contribution is 0.512. The highest BCUT2D eigenvalue weighted by Crippen LogP contribution is 2.34. The zero-order valence-electron chi connectivity index (χ0n) is 14.9. The van der Waals surface area contributed by atoms with Gasteiger partial charge in [-0.1, -0.05) is 11.6 Å². The summed E-state index contributed by atoms with van der Waals surface area (Å²) >= 11 is 7.90. The van der Waals surface area contributed by atoms with Crippen molar-refractivity contribution in [2.75, 3.05) is 10.0 Å². The number of aromatic nitrogens is 2. The monoisotopic (exact) mass is 556 g/mol. The third-order valence-corrected chi connectivity index (χ3v) is 6.63.